The number of hydrogen-bond donors (Lipinski definition) is 1. The first-order chi connectivity index (χ1) is 21.7. The van der Waals surface area contributed by atoms with Crippen molar-refractivity contribution >= 4 is 29.1 Å². The minimum atomic E-state index is -4.93. The number of aromatic nitrogens is 1. The maximum atomic E-state index is 14.8. The summed E-state index contributed by atoms with van der Waals surface area (Å²) in [6.07, 6.45) is -8.18. The third-order valence-electron chi connectivity index (χ3n) is 8.30. The molecule has 8 nitrogen and oxygen atoms in total. The van der Waals surface area contributed by atoms with E-state index in [1.807, 2.05) is 0 Å². The Bertz CT molecular complexity index is 1630. The van der Waals surface area contributed by atoms with Gasteiger partial charge in [-0.25, -0.2) is 4.79 Å². The number of nitrogens with zero attached hydrogens (tertiary/aromatic N) is 3. The summed E-state index contributed by atoms with van der Waals surface area (Å²) in [6, 6.07) is 6.33. The molecule has 1 unspecified atom stereocenters. The second-order valence-electron chi connectivity index (χ2n) is 11.1. The number of piperidine rings is 1. The van der Waals surface area contributed by atoms with Crippen LogP contribution in [0.1, 0.15) is 70.7 Å². The van der Waals surface area contributed by atoms with Crippen LogP contribution in [0.3, 0.4) is 0 Å². The molecule has 46 heavy (non-hydrogen) atoms. The van der Waals surface area contributed by atoms with Gasteiger partial charge in [0.2, 0.25) is 5.60 Å². The van der Waals surface area contributed by atoms with E-state index in [0.717, 1.165) is 27.4 Å². The maximum absolute atomic E-state index is 14.8. The van der Waals surface area contributed by atoms with Gasteiger partial charge in [-0.2, -0.15) is 26.3 Å². The molecule has 1 N–H and O–H groups in total. The summed E-state index contributed by atoms with van der Waals surface area (Å²) in [5, 5.41) is 11.4. The standard InChI is InChI=1S/C31H29F6N3O5S/c1-2-7-22-29(45-19-16-23(46-17-19)31(35,36)37,28(44)40-15-11-18-8-3-4-9-20(18)25(40)27(42)43)12-6-14-39(22)26(41)24-21(30(32,33)34)10-5-13-38-24/h3-5,8-10,13,16-17,22,25H,2,6-7,11-12,14-15H2,1H3,(H,42,43)/t22-,25?,29+/m1/s1. The van der Waals surface area contributed by atoms with Crippen LogP contribution >= 0.6 is 11.3 Å². The molecule has 5 rings (SSSR count). The first kappa shape index (κ1) is 33.2. The van der Waals surface area contributed by atoms with E-state index in [0.29, 0.717) is 41.0 Å². The van der Waals surface area contributed by atoms with Gasteiger partial charge in [0, 0.05) is 37.2 Å². The van der Waals surface area contributed by atoms with Crippen LogP contribution in [0.4, 0.5) is 26.3 Å². The van der Waals surface area contributed by atoms with Crippen molar-refractivity contribution < 1.29 is 50.6 Å². The minimum absolute atomic E-state index is 0.00406. The number of thiophene rings is 1. The van der Waals surface area contributed by atoms with Crippen LogP contribution in [0.15, 0.2) is 54.0 Å². The van der Waals surface area contributed by atoms with E-state index in [2.05, 4.69) is 4.98 Å². The molecule has 0 aliphatic carbocycles. The summed E-state index contributed by atoms with van der Waals surface area (Å²) in [6.45, 7) is 1.52. The molecule has 15 heteroatoms. The molecule has 3 aromatic rings. The maximum Gasteiger partial charge on any atom is 0.425 e. The molecule has 1 aromatic carbocycles. The van der Waals surface area contributed by atoms with E-state index < -0.39 is 64.0 Å². The second-order valence-corrected chi connectivity index (χ2v) is 12.0. The summed E-state index contributed by atoms with van der Waals surface area (Å²) in [7, 11) is 0. The molecule has 1 saturated heterocycles. The Morgan fingerprint density at radius 2 is 1.78 bits per heavy atom. The number of carbonyl (C=O) groups excluding carboxylic acids is 2. The van der Waals surface area contributed by atoms with Crippen LogP contribution in [0.5, 0.6) is 5.75 Å². The van der Waals surface area contributed by atoms with Crippen LogP contribution < -0.4 is 4.74 Å². The summed E-state index contributed by atoms with van der Waals surface area (Å²) in [5.41, 5.74) is -3.28. The number of rotatable bonds is 7. The number of pyridine rings is 1. The zero-order valence-corrected chi connectivity index (χ0v) is 25.2. The molecule has 2 amide bonds. The Balaban J connectivity index is 1.65. The van der Waals surface area contributed by atoms with E-state index in [1.54, 1.807) is 31.2 Å². The molecule has 2 aromatic heterocycles. The van der Waals surface area contributed by atoms with Crippen LogP contribution in [-0.2, 0) is 28.4 Å². The van der Waals surface area contributed by atoms with E-state index in [9.17, 15) is 45.8 Å². The number of ether oxygens (including phenoxy) is 1. The van der Waals surface area contributed by atoms with Gasteiger partial charge in [-0.05, 0) is 42.5 Å². The highest BCUT2D eigenvalue weighted by molar-refractivity contribution is 7.10. The highest BCUT2D eigenvalue weighted by Gasteiger charge is 2.57. The molecule has 3 atom stereocenters. The van der Waals surface area contributed by atoms with Crippen molar-refractivity contribution in [1.82, 2.24) is 14.8 Å². The average molecular weight is 670 g/mol. The molecule has 0 bridgehead atoms. The first-order valence-corrected chi connectivity index (χ1v) is 15.4. The molecule has 2 aliphatic rings. The van der Waals surface area contributed by atoms with Crippen LogP contribution in [0, 0.1) is 0 Å². The number of carboxylic acids is 1. The molecule has 4 heterocycles. The number of likely N-dealkylation sites (tertiary alicyclic amines) is 1. The van der Waals surface area contributed by atoms with Crippen LogP contribution in [0.25, 0.3) is 0 Å². The van der Waals surface area contributed by atoms with Crippen molar-refractivity contribution in [2.75, 3.05) is 13.1 Å². The van der Waals surface area contributed by atoms with E-state index in [4.69, 9.17) is 4.74 Å². The van der Waals surface area contributed by atoms with Gasteiger partial charge in [0.15, 0.2) is 6.04 Å². The number of aliphatic carboxylic acids is 1. The molecule has 0 spiro atoms. The molecule has 246 valence electrons. The Labute approximate surface area is 263 Å². The largest absolute Gasteiger partial charge is 0.479 e. The molecular weight excluding hydrogens is 640 g/mol. The lowest BCUT2D eigenvalue weighted by molar-refractivity contribution is -0.168. The van der Waals surface area contributed by atoms with Crippen molar-refractivity contribution in [3.63, 3.8) is 0 Å². The van der Waals surface area contributed by atoms with Gasteiger partial charge in [0.25, 0.3) is 11.8 Å². The lowest BCUT2D eigenvalue weighted by Gasteiger charge is -2.51. The predicted octanol–water partition coefficient (Wildman–Crippen LogP) is 6.61. The van der Waals surface area contributed by atoms with Crippen molar-refractivity contribution in [3.05, 3.63) is 81.3 Å². The monoisotopic (exact) mass is 669 g/mol. The topological polar surface area (TPSA) is 100 Å². The van der Waals surface area contributed by atoms with Crippen LogP contribution in [-0.4, -0.2) is 62.4 Å². The smallest absolute Gasteiger partial charge is 0.425 e. The van der Waals surface area contributed by atoms with Gasteiger partial charge < -0.3 is 19.6 Å². The van der Waals surface area contributed by atoms with Gasteiger partial charge in [0.1, 0.15) is 16.3 Å². The SMILES string of the molecule is CCC[C@H]1N(C(=O)c2ncccc2C(F)(F)F)CCC[C@@]1(Oc1csc(C(F)(F)F)c1)C(=O)N1CCc2ccccc2C1C(=O)O. The normalized spacial score (nSPS) is 21.9. The highest BCUT2D eigenvalue weighted by atomic mass is 32.1. The zero-order valence-electron chi connectivity index (χ0n) is 24.4. The number of benzene rings is 1. The highest BCUT2D eigenvalue weighted by Crippen LogP contribution is 2.44. The minimum Gasteiger partial charge on any atom is -0.479 e. The third kappa shape index (κ3) is 6.16. The lowest BCUT2D eigenvalue weighted by Crippen LogP contribution is -2.69. The Hall–Kier alpha value is -4.14. The fourth-order valence-corrected chi connectivity index (χ4v) is 7.05. The number of carboxylic acid groups (broad SMARTS) is 1. The Morgan fingerprint density at radius 3 is 2.43 bits per heavy atom. The number of carbonyl (C=O) groups is 3. The number of halogens is 6. The van der Waals surface area contributed by atoms with Crippen LogP contribution in [0.2, 0.25) is 0 Å². The van der Waals surface area contributed by atoms with Gasteiger partial charge >= 0.3 is 18.3 Å². The number of hydrogen-bond acceptors (Lipinski definition) is 6. The predicted molar refractivity (Wildman–Crippen MR) is 153 cm³/mol. The van der Waals surface area contributed by atoms with Crippen molar-refractivity contribution in [2.24, 2.45) is 0 Å². The zero-order chi connectivity index (χ0) is 33.4. The van der Waals surface area contributed by atoms with Crippen molar-refractivity contribution in [3.8, 4) is 5.75 Å². The molecule has 0 radical (unpaired) electrons. The van der Waals surface area contributed by atoms with E-state index in [1.165, 1.54) is 0 Å². The third-order valence-corrected chi connectivity index (χ3v) is 9.25. The fourth-order valence-electron chi connectivity index (χ4n) is 6.37. The van der Waals surface area contributed by atoms with Gasteiger partial charge in [-0.1, -0.05) is 37.6 Å². The van der Waals surface area contributed by atoms with Gasteiger partial charge in [-0.3, -0.25) is 14.6 Å². The average Bonchev–Trinajstić information content (AvgIpc) is 3.49. The van der Waals surface area contributed by atoms with Crippen molar-refractivity contribution in [1.29, 1.82) is 0 Å². The number of alkyl halides is 6. The quantitative estimate of drug-likeness (QED) is 0.284. The molecular formula is C31H29F6N3O5S. The van der Waals surface area contributed by atoms with E-state index in [-0.39, 0.29) is 44.5 Å². The summed E-state index contributed by atoms with van der Waals surface area (Å²) in [4.78, 5) is 46.2. The first-order valence-electron chi connectivity index (χ1n) is 14.5. The molecule has 1 fully saturated rings. The lowest BCUT2D eigenvalue weighted by atomic mass is 9.78. The summed E-state index contributed by atoms with van der Waals surface area (Å²) >= 11 is 0.326. The van der Waals surface area contributed by atoms with Crippen molar-refractivity contribution in [2.45, 2.75) is 69.1 Å². The summed E-state index contributed by atoms with van der Waals surface area (Å²) < 4.78 is 88.7. The number of amides is 2. The Morgan fingerprint density at radius 1 is 1.04 bits per heavy atom. The Kier molecular flexibility index (Phi) is 9.08. The number of fused-ring (bicyclic) bond motifs is 1. The molecule has 2 aliphatic heterocycles. The van der Waals surface area contributed by atoms with E-state index >= 15 is 0 Å². The van der Waals surface area contributed by atoms with Gasteiger partial charge in [0.05, 0.1) is 11.6 Å². The second kappa shape index (κ2) is 12.6. The molecule has 0 saturated carbocycles. The fraction of sp³-hybridized carbons (Fsp3) is 0.419. The van der Waals surface area contributed by atoms with Gasteiger partial charge in [-0.15, -0.1) is 11.3 Å². The summed E-state index contributed by atoms with van der Waals surface area (Å²) in [5.74, 6) is -3.71.